The minimum Gasteiger partial charge on any atom is -0.325 e. The SMILES string of the molecule is O=C(CSc1nc2ccccc2c2nc(=O)c(-c3ccccc3)nn12)Nc1ccccc1. The smallest absolute Gasteiger partial charge is 0.300 e. The van der Waals surface area contributed by atoms with Crippen molar-refractivity contribution in [2.24, 2.45) is 0 Å². The van der Waals surface area contributed by atoms with Gasteiger partial charge in [-0.3, -0.25) is 9.59 Å². The monoisotopic (exact) mass is 439 g/mol. The molecule has 1 amide bonds. The maximum Gasteiger partial charge on any atom is 0.300 e. The predicted octanol–water partition coefficient (Wildman–Crippen LogP) is 4.04. The van der Waals surface area contributed by atoms with Crippen molar-refractivity contribution in [2.75, 3.05) is 11.1 Å². The number of rotatable bonds is 5. The van der Waals surface area contributed by atoms with Crippen molar-refractivity contribution < 1.29 is 4.79 Å². The Morgan fingerprint density at radius 3 is 2.34 bits per heavy atom. The van der Waals surface area contributed by atoms with Gasteiger partial charge in [-0.1, -0.05) is 72.4 Å². The fourth-order valence-electron chi connectivity index (χ4n) is 3.32. The van der Waals surface area contributed by atoms with E-state index in [4.69, 9.17) is 0 Å². The van der Waals surface area contributed by atoms with Gasteiger partial charge in [-0.05, 0) is 24.3 Å². The van der Waals surface area contributed by atoms with Gasteiger partial charge in [0, 0.05) is 16.6 Å². The van der Waals surface area contributed by atoms with E-state index in [1.54, 1.807) is 4.52 Å². The second kappa shape index (κ2) is 8.60. The summed E-state index contributed by atoms with van der Waals surface area (Å²) in [6.45, 7) is 0. The molecule has 5 aromatic rings. The van der Waals surface area contributed by atoms with Crippen LogP contribution in [0.25, 0.3) is 27.8 Å². The lowest BCUT2D eigenvalue weighted by atomic mass is 10.2. The number of benzene rings is 3. The highest BCUT2D eigenvalue weighted by molar-refractivity contribution is 7.99. The third kappa shape index (κ3) is 3.95. The summed E-state index contributed by atoms with van der Waals surface area (Å²) in [5, 5.41) is 8.64. The van der Waals surface area contributed by atoms with Crippen molar-refractivity contribution in [2.45, 2.75) is 5.16 Å². The number of fused-ring (bicyclic) bond motifs is 3. The number of para-hydroxylation sites is 2. The van der Waals surface area contributed by atoms with E-state index in [2.05, 4.69) is 20.4 Å². The number of nitrogens with one attached hydrogen (secondary N) is 1. The molecular formula is C24H17N5O2S. The van der Waals surface area contributed by atoms with Crippen molar-refractivity contribution in [3.63, 3.8) is 0 Å². The molecule has 1 N–H and O–H groups in total. The van der Waals surface area contributed by atoms with Crippen molar-refractivity contribution in [3.05, 3.63) is 95.3 Å². The van der Waals surface area contributed by atoms with Gasteiger partial charge in [0.2, 0.25) is 5.91 Å². The Balaban J connectivity index is 1.57. The summed E-state index contributed by atoms with van der Waals surface area (Å²) in [4.78, 5) is 34.3. The van der Waals surface area contributed by atoms with Crippen LogP contribution >= 0.6 is 11.8 Å². The lowest BCUT2D eigenvalue weighted by Gasteiger charge is -2.11. The number of amides is 1. The van der Waals surface area contributed by atoms with Crippen molar-refractivity contribution in [3.8, 4) is 11.3 Å². The summed E-state index contributed by atoms with van der Waals surface area (Å²) >= 11 is 1.24. The molecule has 0 saturated heterocycles. The van der Waals surface area contributed by atoms with Crippen LogP contribution in [0.3, 0.4) is 0 Å². The summed E-state index contributed by atoms with van der Waals surface area (Å²) < 4.78 is 1.55. The van der Waals surface area contributed by atoms with Crippen molar-refractivity contribution >= 4 is 39.9 Å². The molecule has 0 spiro atoms. The molecule has 2 aromatic heterocycles. The molecule has 8 heteroatoms. The Morgan fingerprint density at radius 1 is 0.875 bits per heavy atom. The number of hydrogen-bond acceptors (Lipinski definition) is 6. The Hall–Kier alpha value is -4.04. The van der Waals surface area contributed by atoms with Crippen LogP contribution in [0.4, 0.5) is 5.69 Å². The van der Waals surface area contributed by atoms with E-state index in [1.165, 1.54) is 11.8 Å². The van der Waals surface area contributed by atoms with Crippen LogP contribution in [0.1, 0.15) is 0 Å². The maximum atomic E-state index is 12.8. The van der Waals surface area contributed by atoms with Crippen LogP contribution in [0.15, 0.2) is 94.9 Å². The summed E-state index contributed by atoms with van der Waals surface area (Å²) in [5.41, 5.74) is 2.31. The van der Waals surface area contributed by atoms with E-state index in [0.29, 0.717) is 21.9 Å². The highest BCUT2D eigenvalue weighted by Gasteiger charge is 2.16. The van der Waals surface area contributed by atoms with Crippen LogP contribution in [-0.2, 0) is 4.79 Å². The number of carbonyl (C=O) groups excluding carboxylic acids is 1. The molecule has 0 aliphatic rings. The molecule has 7 nitrogen and oxygen atoms in total. The zero-order valence-corrected chi connectivity index (χ0v) is 17.6. The summed E-state index contributed by atoms with van der Waals surface area (Å²) in [5.74, 6) is -0.0364. The van der Waals surface area contributed by atoms with Gasteiger partial charge in [0.15, 0.2) is 16.5 Å². The third-order valence-electron chi connectivity index (χ3n) is 4.79. The first-order valence-corrected chi connectivity index (χ1v) is 10.9. The number of nitrogens with zero attached hydrogens (tertiary/aromatic N) is 4. The van der Waals surface area contributed by atoms with E-state index in [-0.39, 0.29) is 17.4 Å². The first kappa shape index (κ1) is 19.9. The summed E-state index contributed by atoms with van der Waals surface area (Å²) in [7, 11) is 0. The molecule has 0 fully saturated rings. The quantitative estimate of drug-likeness (QED) is 0.253. The second-order valence-corrected chi connectivity index (χ2v) is 7.92. The topological polar surface area (TPSA) is 89.2 Å². The summed E-state index contributed by atoms with van der Waals surface area (Å²) in [6.07, 6.45) is 0. The standard InChI is InChI=1S/C24H17N5O2S/c30-20(25-17-11-5-2-6-12-17)15-32-24-26-19-14-8-7-13-18(19)22-27-23(31)21(28-29(22)24)16-9-3-1-4-10-16/h1-14H,15H2,(H,25,30). The Labute approximate surface area is 187 Å². The van der Waals surface area contributed by atoms with Crippen molar-refractivity contribution in [1.82, 2.24) is 19.6 Å². The molecule has 0 unspecified atom stereocenters. The number of hydrogen-bond donors (Lipinski definition) is 1. The maximum absolute atomic E-state index is 12.8. The molecule has 32 heavy (non-hydrogen) atoms. The van der Waals surface area contributed by atoms with Crippen LogP contribution in [0, 0.1) is 0 Å². The van der Waals surface area contributed by atoms with Gasteiger partial charge in [-0.2, -0.15) is 14.6 Å². The number of thioether (sulfide) groups is 1. The molecule has 156 valence electrons. The van der Waals surface area contributed by atoms with E-state index < -0.39 is 5.56 Å². The zero-order valence-electron chi connectivity index (χ0n) is 16.8. The highest BCUT2D eigenvalue weighted by Crippen LogP contribution is 2.24. The molecule has 0 radical (unpaired) electrons. The molecule has 0 bridgehead atoms. The van der Waals surface area contributed by atoms with E-state index in [1.807, 2.05) is 84.9 Å². The number of carbonyl (C=O) groups is 1. The Morgan fingerprint density at radius 2 is 1.56 bits per heavy atom. The molecule has 0 saturated carbocycles. The van der Waals surface area contributed by atoms with Gasteiger partial charge in [0.25, 0.3) is 5.56 Å². The molecule has 3 aromatic carbocycles. The average Bonchev–Trinajstić information content (AvgIpc) is 2.83. The fraction of sp³-hybridized carbons (Fsp3) is 0.0417. The van der Waals surface area contributed by atoms with Gasteiger partial charge in [0.05, 0.1) is 11.3 Å². The minimum absolute atomic E-state index is 0.129. The minimum atomic E-state index is -0.412. The molecule has 0 aliphatic carbocycles. The van der Waals surface area contributed by atoms with Gasteiger partial charge in [-0.25, -0.2) is 4.98 Å². The highest BCUT2D eigenvalue weighted by atomic mass is 32.2. The second-order valence-electron chi connectivity index (χ2n) is 6.98. The number of anilines is 1. The van der Waals surface area contributed by atoms with Crippen LogP contribution in [-0.4, -0.2) is 31.2 Å². The lowest BCUT2D eigenvalue weighted by Crippen LogP contribution is -2.19. The molecule has 0 atom stereocenters. The largest absolute Gasteiger partial charge is 0.325 e. The molecular weight excluding hydrogens is 422 g/mol. The van der Waals surface area contributed by atoms with Gasteiger partial charge in [-0.15, -0.1) is 0 Å². The zero-order chi connectivity index (χ0) is 21.9. The average molecular weight is 440 g/mol. The van der Waals surface area contributed by atoms with Gasteiger partial charge < -0.3 is 5.32 Å². The molecule has 5 rings (SSSR count). The first-order chi connectivity index (χ1) is 15.7. The normalized spacial score (nSPS) is 11.0. The van der Waals surface area contributed by atoms with E-state index in [0.717, 1.165) is 11.1 Å². The lowest BCUT2D eigenvalue weighted by molar-refractivity contribution is -0.113. The summed E-state index contributed by atoms with van der Waals surface area (Å²) in [6, 6.07) is 25.9. The van der Waals surface area contributed by atoms with Crippen molar-refractivity contribution in [1.29, 1.82) is 0 Å². The van der Waals surface area contributed by atoms with Crippen LogP contribution in [0.2, 0.25) is 0 Å². The predicted molar refractivity (Wildman–Crippen MR) is 126 cm³/mol. The van der Waals surface area contributed by atoms with Gasteiger partial charge in [0.1, 0.15) is 0 Å². The van der Waals surface area contributed by atoms with Crippen LogP contribution in [0.5, 0.6) is 0 Å². The molecule has 0 aliphatic heterocycles. The Bertz CT molecular complexity index is 1490. The van der Waals surface area contributed by atoms with E-state index >= 15 is 0 Å². The first-order valence-electron chi connectivity index (χ1n) is 9.92. The third-order valence-corrected chi connectivity index (χ3v) is 5.72. The van der Waals surface area contributed by atoms with Crippen LogP contribution < -0.4 is 10.9 Å². The molecule has 2 heterocycles. The fourth-order valence-corrected chi connectivity index (χ4v) is 4.07. The number of aromatic nitrogens is 4. The van der Waals surface area contributed by atoms with Gasteiger partial charge >= 0.3 is 0 Å². The Kier molecular flexibility index (Phi) is 5.35. The van der Waals surface area contributed by atoms with E-state index in [9.17, 15) is 9.59 Å².